The normalized spacial score (nSPS) is 24.9. The Hall–Kier alpha value is -1.62. The van der Waals surface area contributed by atoms with Crippen molar-refractivity contribution in [3.05, 3.63) is 29.6 Å². The number of anilines is 1. The number of aryl methyl sites for hydroxylation is 1. The molecule has 1 atom stereocenters. The van der Waals surface area contributed by atoms with Crippen molar-refractivity contribution in [1.29, 1.82) is 0 Å². The minimum atomic E-state index is -0.291. The molecular formula is C22H32FN3O. The molecule has 1 heterocycles. The molecule has 2 amide bonds. The summed E-state index contributed by atoms with van der Waals surface area (Å²) in [5.41, 5.74) is 1.47. The summed E-state index contributed by atoms with van der Waals surface area (Å²) in [6.07, 6.45) is 9.37. The van der Waals surface area contributed by atoms with Crippen LogP contribution in [0.2, 0.25) is 0 Å². The molecule has 3 fully saturated rings. The van der Waals surface area contributed by atoms with Crippen molar-refractivity contribution in [2.75, 3.05) is 31.5 Å². The molecule has 148 valence electrons. The highest BCUT2D eigenvalue weighted by Crippen LogP contribution is 2.48. The SMILES string of the molecule is Cc1ccc(NC(=O)NCC2CN(CC3CC3)CC23CCCCC3)cc1F. The Morgan fingerprint density at radius 3 is 2.74 bits per heavy atom. The summed E-state index contributed by atoms with van der Waals surface area (Å²) >= 11 is 0. The predicted octanol–water partition coefficient (Wildman–Crippen LogP) is 4.55. The fourth-order valence-corrected chi connectivity index (χ4v) is 5.11. The van der Waals surface area contributed by atoms with Crippen molar-refractivity contribution < 1.29 is 9.18 Å². The van der Waals surface area contributed by atoms with Crippen LogP contribution >= 0.6 is 0 Å². The Balaban J connectivity index is 1.34. The minimum absolute atomic E-state index is 0.232. The van der Waals surface area contributed by atoms with Gasteiger partial charge in [0, 0.05) is 31.9 Å². The van der Waals surface area contributed by atoms with Crippen LogP contribution in [0.25, 0.3) is 0 Å². The summed E-state index contributed by atoms with van der Waals surface area (Å²) in [5, 5.41) is 5.84. The van der Waals surface area contributed by atoms with E-state index in [0.29, 0.717) is 29.1 Å². The zero-order valence-electron chi connectivity index (χ0n) is 16.4. The maximum Gasteiger partial charge on any atom is 0.319 e. The van der Waals surface area contributed by atoms with Gasteiger partial charge in [-0.1, -0.05) is 25.3 Å². The first-order valence-corrected chi connectivity index (χ1v) is 10.6. The van der Waals surface area contributed by atoms with Crippen LogP contribution in [0.1, 0.15) is 50.5 Å². The summed E-state index contributed by atoms with van der Waals surface area (Å²) in [4.78, 5) is 15.0. The predicted molar refractivity (Wildman–Crippen MR) is 106 cm³/mol. The van der Waals surface area contributed by atoms with E-state index in [1.165, 1.54) is 64.1 Å². The molecule has 1 spiro atoms. The van der Waals surface area contributed by atoms with Gasteiger partial charge < -0.3 is 15.5 Å². The lowest BCUT2D eigenvalue weighted by atomic mass is 9.68. The van der Waals surface area contributed by atoms with Crippen LogP contribution < -0.4 is 10.6 Å². The number of halogens is 1. The number of amides is 2. The number of carbonyl (C=O) groups excluding carboxylic acids is 1. The number of urea groups is 1. The highest BCUT2D eigenvalue weighted by atomic mass is 19.1. The summed E-state index contributed by atoms with van der Waals surface area (Å²) < 4.78 is 13.7. The van der Waals surface area contributed by atoms with Gasteiger partial charge in [-0.05, 0) is 67.6 Å². The van der Waals surface area contributed by atoms with Crippen molar-refractivity contribution in [3.8, 4) is 0 Å². The molecule has 2 N–H and O–H groups in total. The van der Waals surface area contributed by atoms with E-state index < -0.39 is 0 Å². The van der Waals surface area contributed by atoms with Gasteiger partial charge in [-0.2, -0.15) is 0 Å². The molecule has 2 aliphatic carbocycles. The summed E-state index contributed by atoms with van der Waals surface area (Å²) in [7, 11) is 0. The Kier molecular flexibility index (Phi) is 5.40. The van der Waals surface area contributed by atoms with Gasteiger partial charge in [0.25, 0.3) is 0 Å². The van der Waals surface area contributed by atoms with Gasteiger partial charge in [-0.3, -0.25) is 0 Å². The van der Waals surface area contributed by atoms with Crippen molar-refractivity contribution in [2.24, 2.45) is 17.3 Å². The van der Waals surface area contributed by atoms with Gasteiger partial charge in [-0.25, -0.2) is 9.18 Å². The second-order valence-corrected chi connectivity index (χ2v) is 9.06. The molecule has 27 heavy (non-hydrogen) atoms. The molecule has 2 saturated carbocycles. The molecule has 1 aliphatic heterocycles. The molecule has 1 unspecified atom stereocenters. The quantitative estimate of drug-likeness (QED) is 0.795. The number of carbonyl (C=O) groups is 1. The second-order valence-electron chi connectivity index (χ2n) is 9.06. The Labute approximate surface area is 161 Å². The Morgan fingerprint density at radius 1 is 1.26 bits per heavy atom. The lowest BCUT2D eigenvalue weighted by Crippen LogP contribution is -2.41. The molecule has 1 aromatic carbocycles. The number of nitrogens with one attached hydrogen (secondary N) is 2. The van der Waals surface area contributed by atoms with E-state index in [1.54, 1.807) is 19.1 Å². The molecular weight excluding hydrogens is 341 g/mol. The average Bonchev–Trinajstić information content (AvgIpc) is 3.40. The van der Waals surface area contributed by atoms with Crippen LogP contribution in [0.4, 0.5) is 14.9 Å². The lowest BCUT2D eigenvalue weighted by molar-refractivity contribution is 0.138. The smallest absolute Gasteiger partial charge is 0.319 e. The average molecular weight is 374 g/mol. The number of likely N-dealkylation sites (tertiary alicyclic amines) is 1. The van der Waals surface area contributed by atoms with Crippen molar-refractivity contribution in [1.82, 2.24) is 10.2 Å². The third-order valence-electron chi connectivity index (χ3n) is 6.88. The molecule has 4 nitrogen and oxygen atoms in total. The van der Waals surface area contributed by atoms with Crippen LogP contribution in [-0.4, -0.2) is 37.1 Å². The molecule has 1 saturated heterocycles. The zero-order valence-corrected chi connectivity index (χ0v) is 16.4. The molecule has 1 aromatic rings. The van der Waals surface area contributed by atoms with Crippen molar-refractivity contribution >= 4 is 11.7 Å². The van der Waals surface area contributed by atoms with Crippen LogP contribution in [0.5, 0.6) is 0 Å². The summed E-state index contributed by atoms with van der Waals surface area (Å²) in [6.45, 7) is 5.99. The molecule has 4 rings (SSSR count). The van der Waals surface area contributed by atoms with E-state index >= 15 is 0 Å². The van der Waals surface area contributed by atoms with Gasteiger partial charge in [0.2, 0.25) is 0 Å². The lowest BCUT2D eigenvalue weighted by Gasteiger charge is -2.38. The summed E-state index contributed by atoms with van der Waals surface area (Å²) in [6, 6.07) is 4.58. The fraction of sp³-hybridized carbons (Fsp3) is 0.682. The minimum Gasteiger partial charge on any atom is -0.338 e. The van der Waals surface area contributed by atoms with E-state index in [4.69, 9.17) is 0 Å². The van der Waals surface area contributed by atoms with E-state index in [-0.39, 0.29) is 11.8 Å². The number of rotatable bonds is 5. The van der Waals surface area contributed by atoms with Crippen molar-refractivity contribution in [3.63, 3.8) is 0 Å². The van der Waals surface area contributed by atoms with Gasteiger partial charge in [0.15, 0.2) is 0 Å². The fourth-order valence-electron chi connectivity index (χ4n) is 5.11. The zero-order chi connectivity index (χ0) is 18.9. The van der Waals surface area contributed by atoms with E-state index in [2.05, 4.69) is 15.5 Å². The molecule has 0 aromatic heterocycles. The maximum atomic E-state index is 13.7. The number of benzene rings is 1. The first-order valence-electron chi connectivity index (χ1n) is 10.6. The second kappa shape index (κ2) is 7.78. The monoisotopic (exact) mass is 373 g/mol. The number of hydrogen-bond acceptors (Lipinski definition) is 2. The first kappa shape index (κ1) is 18.7. The Bertz CT molecular complexity index is 682. The van der Waals surface area contributed by atoms with E-state index in [9.17, 15) is 9.18 Å². The van der Waals surface area contributed by atoms with Crippen LogP contribution in [0.15, 0.2) is 18.2 Å². The standard InChI is InChI=1S/C22H32FN3O/c1-16-5-8-19(11-20(16)23)25-21(27)24-12-18-14-26(13-17-6-7-17)15-22(18)9-3-2-4-10-22/h5,8,11,17-18H,2-4,6-7,9-10,12-15H2,1H3,(H2,24,25,27). The molecule has 3 aliphatic rings. The highest BCUT2D eigenvalue weighted by Gasteiger charge is 2.47. The molecule has 5 heteroatoms. The largest absolute Gasteiger partial charge is 0.338 e. The van der Waals surface area contributed by atoms with Crippen LogP contribution in [0.3, 0.4) is 0 Å². The third-order valence-corrected chi connectivity index (χ3v) is 6.88. The Morgan fingerprint density at radius 2 is 2.04 bits per heavy atom. The summed E-state index contributed by atoms with van der Waals surface area (Å²) in [5.74, 6) is 1.15. The van der Waals surface area contributed by atoms with Crippen LogP contribution in [-0.2, 0) is 0 Å². The highest BCUT2D eigenvalue weighted by molar-refractivity contribution is 5.89. The van der Waals surface area contributed by atoms with Gasteiger partial charge in [-0.15, -0.1) is 0 Å². The topological polar surface area (TPSA) is 44.4 Å². The van der Waals surface area contributed by atoms with E-state index in [1.807, 2.05) is 0 Å². The first-order chi connectivity index (χ1) is 13.0. The number of nitrogens with zero attached hydrogens (tertiary/aromatic N) is 1. The van der Waals surface area contributed by atoms with Gasteiger partial charge in [0.1, 0.15) is 5.82 Å². The molecule has 0 bridgehead atoms. The maximum absolute atomic E-state index is 13.7. The molecule has 0 radical (unpaired) electrons. The van der Waals surface area contributed by atoms with E-state index in [0.717, 1.165) is 12.5 Å². The van der Waals surface area contributed by atoms with Crippen LogP contribution in [0, 0.1) is 30.0 Å². The van der Waals surface area contributed by atoms with Gasteiger partial charge >= 0.3 is 6.03 Å². The third kappa shape index (κ3) is 4.45. The number of hydrogen-bond donors (Lipinski definition) is 2. The van der Waals surface area contributed by atoms with Crippen molar-refractivity contribution in [2.45, 2.75) is 51.9 Å². The van der Waals surface area contributed by atoms with Gasteiger partial charge in [0.05, 0.1) is 0 Å².